The van der Waals surface area contributed by atoms with Gasteiger partial charge in [0, 0.05) is 18.6 Å². The Morgan fingerprint density at radius 1 is 1.14 bits per heavy atom. The zero-order valence-corrected chi connectivity index (χ0v) is 20.8. The predicted octanol–water partition coefficient (Wildman–Crippen LogP) is 6.15. The zero-order valence-electron chi connectivity index (χ0n) is 19.2. The van der Waals surface area contributed by atoms with E-state index >= 15 is 0 Å². The first-order valence-corrected chi connectivity index (χ1v) is 12.2. The van der Waals surface area contributed by atoms with Crippen LogP contribution in [0.3, 0.4) is 0 Å². The summed E-state index contributed by atoms with van der Waals surface area (Å²) in [5.41, 5.74) is 4.32. The number of hydrogen-bond donors (Lipinski definition) is 1. The highest BCUT2D eigenvalue weighted by Crippen LogP contribution is 2.31. The molecular formula is C27H25Cl2N3O3. The molecule has 6 nitrogen and oxygen atoms in total. The first kappa shape index (κ1) is 23.7. The van der Waals surface area contributed by atoms with Gasteiger partial charge in [-0.3, -0.25) is 4.90 Å². The smallest absolute Gasteiger partial charge is 0.335 e. The van der Waals surface area contributed by atoms with Gasteiger partial charge in [-0.15, -0.1) is 0 Å². The first-order chi connectivity index (χ1) is 16.9. The summed E-state index contributed by atoms with van der Waals surface area (Å²) in [4.78, 5) is 18.5. The van der Waals surface area contributed by atoms with Crippen molar-refractivity contribution in [2.75, 3.05) is 13.1 Å². The van der Waals surface area contributed by atoms with E-state index < -0.39 is 5.97 Å². The van der Waals surface area contributed by atoms with Crippen LogP contribution in [0, 0.1) is 0 Å². The molecule has 0 saturated carbocycles. The van der Waals surface area contributed by atoms with Crippen molar-refractivity contribution < 1.29 is 14.6 Å². The van der Waals surface area contributed by atoms with Crippen LogP contribution >= 0.6 is 23.2 Å². The number of nitrogens with zero attached hydrogens (tertiary/aromatic N) is 3. The molecule has 0 bridgehead atoms. The average molecular weight is 510 g/mol. The van der Waals surface area contributed by atoms with E-state index in [9.17, 15) is 9.90 Å². The number of aryl methyl sites for hydroxylation is 1. The Balaban J connectivity index is 1.24. The average Bonchev–Trinajstić information content (AvgIpc) is 3.43. The van der Waals surface area contributed by atoms with Crippen molar-refractivity contribution in [2.45, 2.75) is 25.5 Å². The van der Waals surface area contributed by atoms with Crippen molar-refractivity contribution in [3.63, 3.8) is 0 Å². The molecule has 2 heterocycles. The van der Waals surface area contributed by atoms with E-state index in [4.69, 9.17) is 32.9 Å². The maximum absolute atomic E-state index is 11.3. The number of imidazole rings is 1. The molecule has 5 rings (SSSR count). The molecule has 1 unspecified atom stereocenters. The van der Waals surface area contributed by atoms with Gasteiger partial charge in [-0.2, -0.15) is 0 Å². The second-order valence-corrected chi connectivity index (χ2v) is 9.77. The number of rotatable bonds is 7. The highest BCUT2D eigenvalue weighted by molar-refractivity contribution is 6.35. The van der Waals surface area contributed by atoms with Gasteiger partial charge in [0.2, 0.25) is 0 Å². The zero-order chi connectivity index (χ0) is 24.5. The van der Waals surface area contributed by atoms with Gasteiger partial charge in [-0.05, 0) is 66.4 Å². The fourth-order valence-electron chi connectivity index (χ4n) is 4.65. The minimum atomic E-state index is -0.930. The van der Waals surface area contributed by atoms with Crippen molar-refractivity contribution in [2.24, 2.45) is 7.05 Å². The van der Waals surface area contributed by atoms with Gasteiger partial charge in [0.15, 0.2) is 0 Å². The minimum absolute atomic E-state index is 0.274. The van der Waals surface area contributed by atoms with Gasteiger partial charge >= 0.3 is 5.97 Å². The number of carboxylic acid groups (broad SMARTS) is 1. The van der Waals surface area contributed by atoms with Crippen molar-refractivity contribution in [3.05, 3.63) is 93.2 Å². The number of likely N-dealkylation sites (tertiary alicyclic amines) is 1. The molecule has 8 heteroatoms. The predicted molar refractivity (Wildman–Crippen MR) is 138 cm³/mol. The maximum atomic E-state index is 11.3. The molecule has 180 valence electrons. The molecule has 0 radical (unpaired) electrons. The Morgan fingerprint density at radius 2 is 2.00 bits per heavy atom. The monoisotopic (exact) mass is 509 g/mol. The summed E-state index contributed by atoms with van der Waals surface area (Å²) >= 11 is 12.2. The van der Waals surface area contributed by atoms with E-state index in [-0.39, 0.29) is 5.56 Å². The Bertz CT molecular complexity index is 1400. The highest BCUT2D eigenvalue weighted by Gasteiger charge is 2.25. The highest BCUT2D eigenvalue weighted by atomic mass is 35.5. The Morgan fingerprint density at radius 3 is 2.80 bits per heavy atom. The summed E-state index contributed by atoms with van der Waals surface area (Å²) in [5.74, 6) is 1.06. The fraction of sp³-hybridized carbons (Fsp3) is 0.259. The number of benzene rings is 3. The van der Waals surface area contributed by atoms with E-state index in [0.29, 0.717) is 28.3 Å². The lowest BCUT2D eigenvalue weighted by atomic mass is 9.97. The summed E-state index contributed by atoms with van der Waals surface area (Å²) in [6.45, 7) is 3.08. The molecule has 35 heavy (non-hydrogen) atoms. The molecule has 1 aromatic heterocycles. The number of carbonyl (C=O) groups is 1. The molecule has 1 fully saturated rings. The molecule has 1 aliphatic rings. The fourth-order valence-corrected chi connectivity index (χ4v) is 5.12. The molecule has 1 saturated heterocycles. The lowest BCUT2D eigenvalue weighted by Gasteiger charge is -2.16. The van der Waals surface area contributed by atoms with Gasteiger partial charge < -0.3 is 14.4 Å². The number of halogens is 2. The molecule has 1 aliphatic heterocycles. The molecule has 0 aliphatic carbocycles. The van der Waals surface area contributed by atoms with Crippen LogP contribution < -0.4 is 4.74 Å². The number of carboxylic acids is 1. The SMILES string of the molecule is Cn1c(CN2CCC(c3cccc(COc4ccc(Cl)cc4Cl)c3)C2)nc2ccc(C(=O)O)cc21. The van der Waals surface area contributed by atoms with Crippen LogP contribution in [-0.2, 0) is 20.2 Å². The third-order valence-corrected chi connectivity index (χ3v) is 7.10. The van der Waals surface area contributed by atoms with Crippen LogP contribution in [-0.4, -0.2) is 38.6 Å². The van der Waals surface area contributed by atoms with Crippen LogP contribution in [0.4, 0.5) is 0 Å². The molecule has 3 aromatic carbocycles. The van der Waals surface area contributed by atoms with Crippen LogP contribution in [0.2, 0.25) is 10.0 Å². The van der Waals surface area contributed by atoms with Gasteiger partial charge in [0.05, 0.1) is 28.2 Å². The van der Waals surface area contributed by atoms with Gasteiger partial charge in [0.25, 0.3) is 0 Å². The Hall–Kier alpha value is -3.06. The van der Waals surface area contributed by atoms with E-state index in [1.165, 1.54) is 5.56 Å². The van der Waals surface area contributed by atoms with Crippen molar-refractivity contribution in [1.82, 2.24) is 14.5 Å². The van der Waals surface area contributed by atoms with E-state index in [2.05, 4.69) is 29.2 Å². The quantitative estimate of drug-likeness (QED) is 0.323. The van der Waals surface area contributed by atoms with Gasteiger partial charge in [-0.25, -0.2) is 9.78 Å². The van der Waals surface area contributed by atoms with E-state index in [1.54, 1.807) is 36.4 Å². The second kappa shape index (κ2) is 9.90. The number of aromatic carboxylic acids is 1. The summed E-state index contributed by atoms with van der Waals surface area (Å²) in [6, 6.07) is 18.8. The van der Waals surface area contributed by atoms with Crippen LogP contribution in [0.15, 0.2) is 60.7 Å². The topological polar surface area (TPSA) is 67.6 Å². The molecule has 4 aromatic rings. The molecule has 0 spiro atoms. The van der Waals surface area contributed by atoms with Crippen molar-refractivity contribution in [3.8, 4) is 5.75 Å². The lowest BCUT2D eigenvalue weighted by Crippen LogP contribution is -2.21. The molecule has 0 amide bonds. The Labute approximate surface area is 213 Å². The maximum Gasteiger partial charge on any atom is 0.335 e. The van der Waals surface area contributed by atoms with Crippen molar-refractivity contribution >= 4 is 40.2 Å². The summed E-state index contributed by atoms with van der Waals surface area (Å²) < 4.78 is 7.91. The van der Waals surface area contributed by atoms with Crippen LogP contribution in [0.1, 0.15) is 39.6 Å². The van der Waals surface area contributed by atoms with E-state index in [0.717, 1.165) is 48.5 Å². The Kier molecular flexibility index (Phi) is 6.69. The van der Waals surface area contributed by atoms with Gasteiger partial charge in [0.1, 0.15) is 18.2 Å². The molecular weight excluding hydrogens is 485 g/mol. The summed E-state index contributed by atoms with van der Waals surface area (Å²) in [5, 5.41) is 10.4. The first-order valence-electron chi connectivity index (χ1n) is 11.4. The standard InChI is InChI=1S/C27H25Cl2N3O3/c1-31-24-12-19(27(33)34)5-7-23(24)30-26(31)15-32-10-9-20(14-32)18-4-2-3-17(11-18)16-35-25-8-6-21(28)13-22(25)29/h2-8,11-13,20H,9-10,14-16H2,1H3,(H,33,34). The van der Waals surface area contributed by atoms with Crippen LogP contribution in [0.5, 0.6) is 5.75 Å². The molecule has 1 atom stereocenters. The minimum Gasteiger partial charge on any atom is -0.487 e. The number of aromatic nitrogens is 2. The lowest BCUT2D eigenvalue weighted by molar-refractivity contribution is 0.0697. The summed E-state index contributed by atoms with van der Waals surface area (Å²) in [7, 11) is 1.94. The molecule has 1 N–H and O–H groups in total. The number of ether oxygens (including phenoxy) is 1. The number of hydrogen-bond acceptors (Lipinski definition) is 4. The summed E-state index contributed by atoms with van der Waals surface area (Å²) in [6.07, 6.45) is 1.07. The normalized spacial score (nSPS) is 16.1. The third kappa shape index (κ3) is 5.15. The number of fused-ring (bicyclic) bond motifs is 1. The largest absolute Gasteiger partial charge is 0.487 e. The second-order valence-electron chi connectivity index (χ2n) is 8.92. The van der Waals surface area contributed by atoms with Crippen LogP contribution in [0.25, 0.3) is 11.0 Å². The third-order valence-electron chi connectivity index (χ3n) is 6.57. The van der Waals surface area contributed by atoms with Gasteiger partial charge in [-0.1, -0.05) is 47.5 Å². The van der Waals surface area contributed by atoms with Crippen molar-refractivity contribution in [1.29, 1.82) is 0 Å². The van der Waals surface area contributed by atoms with E-state index in [1.807, 2.05) is 11.6 Å².